The first-order valence-electron chi connectivity index (χ1n) is 17.5. The maximum atomic E-state index is 4.18. The lowest BCUT2D eigenvalue weighted by atomic mass is 9.63. The van der Waals surface area contributed by atoms with Gasteiger partial charge in [-0.05, 0) is 111 Å². The molecule has 41 heavy (non-hydrogen) atoms. The number of hydrogen-bond acceptors (Lipinski definition) is 3. The van der Waals surface area contributed by atoms with Crippen molar-refractivity contribution in [3.63, 3.8) is 0 Å². The van der Waals surface area contributed by atoms with Gasteiger partial charge in [-0.3, -0.25) is 0 Å². The van der Waals surface area contributed by atoms with Gasteiger partial charge in [0.25, 0.3) is 0 Å². The minimum absolute atomic E-state index is 0.373. The predicted octanol–water partition coefficient (Wildman–Crippen LogP) is 7.95. The van der Waals surface area contributed by atoms with Gasteiger partial charge in [0.05, 0.1) is 0 Å². The molecule has 6 aliphatic rings. The van der Waals surface area contributed by atoms with Gasteiger partial charge in [0.1, 0.15) is 0 Å². The minimum Gasteiger partial charge on any atom is -0.309 e. The van der Waals surface area contributed by atoms with Gasteiger partial charge in [0, 0.05) is 37.3 Å². The average molecular weight is 556 g/mol. The topological polar surface area (TPSA) is 46.0 Å². The van der Waals surface area contributed by atoms with Crippen LogP contribution in [0.5, 0.6) is 0 Å². The fourth-order valence-corrected chi connectivity index (χ4v) is 9.12. The van der Waals surface area contributed by atoms with Crippen LogP contribution in [0.15, 0.2) is 71.4 Å². The van der Waals surface area contributed by atoms with Crippen LogP contribution < -0.4 is 16.0 Å². The second-order valence-electron chi connectivity index (χ2n) is 14.1. The van der Waals surface area contributed by atoms with E-state index in [1.165, 1.54) is 90.0 Å². The molecule has 0 spiro atoms. The van der Waals surface area contributed by atoms with Crippen molar-refractivity contribution in [2.75, 3.05) is 19.6 Å². The molecular formula is C38H57N3. The van der Waals surface area contributed by atoms with E-state index in [2.05, 4.69) is 78.9 Å². The SMILES string of the molecule is C=CC(CCCCC)C1C=CC(C2CCC(C3CC=C(C4=CCC(C5(CC)CN5)NC4)CC3)=C3C=CCCC32)CN1. The Morgan fingerprint density at radius 1 is 1.02 bits per heavy atom. The van der Waals surface area contributed by atoms with Crippen molar-refractivity contribution in [3.05, 3.63) is 71.4 Å². The Morgan fingerprint density at radius 3 is 2.56 bits per heavy atom. The first kappa shape index (κ1) is 29.4. The van der Waals surface area contributed by atoms with Crippen molar-refractivity contribution >= 4 is 0 Å². The Balaban J connectivity index is 1.09. The third-order valence-corrected chi connectivity index (χ3v) is 12.0. The summed E-state index contributed by atoms with van der Waals surface area (Å²) < 4.78 is 0. The van der Waals surface area contributed by atoms with Crippen LogP contribution in [0.4, 0.5) is 0 Å². The van der Waals surface area contributed by atoms with Gasteiger partial charge in [0.2, 0.25) is 0 Å². The highest BCUT2D eigenvalue weighted by Crippen LogP contribution is 2.49. The summed E-state index contributed by atoms with van der Waals surface area (Å²) in [6.07, 6.45) is 34.3. The van der Waals surface area contributed by atoms with Gasteiger partial charge in [0.15, 0.2) is 0 Å². The molecule has 0 bridgehead atoms. The van der Waals surface area contributed by atoms with Crippen LogP contribution in [0.1, 0.15) is 97.3 Å². The number of fused-ring (bicyclic) bond motifs is 1. The lowest BCUT2D eigenvalue weighted by Gasteiger charge is -2.43. The van der Waals surface area contributed by atoms with E-state index in [0.29, 0.717) is 29.5 Å². The monoisotopic (exact) mass is 555 g/mol. The van der Waals surface area contributed by atoms with E-state index < -0.39 is 0 Å². The summed E-state index contributed by atoms with van der Waals surface area (Å²) in [6, 6.07) is 1.09. The largest absolute Gasteiger partial charge is 0.309 e. The van der Waals surface area contributed by atoms with Gasteiger partial charge in [-0.15, -0.1) is 6.58 Å². The Bertz CT molecular complexity index is 1080. The number of unbranched alkanes of at least 4 members (excludes halogenated alkanes) is 2. The molecule has 3 heterocycles. The second-order valence-corrected chi connectivity index (χ2v) is 14.1. The number of allylic oxidation sites excluding steroid dienone is 5. The highest BCUT2D eigenvalue weighted by atomic mass is 15.2. The molecular weight excluding hydrogens is 498 g/mol. The van der Waals surface area contributed by atoms with Crippen molar-refractivity contribution in [3.8, 4) is 0 Å². The van der Waals surface area contributed by atoms with Crippen molar-refractivity contribution in [1.29, 1.82) is 0 Å². The zero-order valence-corrected chi connectivity index (χ0v) is 26.1. The lowest BCUT2D eigenvalue weighted by molar-refractivity contribution is 0.222. The molecule has 6 rings (SSSR count). The van der Waals surface area contributed by atoms with Crippen molar-refractivity contribution in [2.24, 2.45) is 29.6 Å². The van der Waals surface area contributed by atoms with Crippen LogP contribution in [-0.4, -0.2) is 37.3 Å². The van der Waals surface area contributed by atoms with E-state index in [1.54, 1.807) is 16.7 Å². The van der Waals surface area contributed by atoms with E-state index in [4.69, 9.17) is 0 Å². The van der Waals surface area contributed by atoms with Gasteiger partial charge in [-0.25, -0.2) is 0 Å². The van der Waals surface area contributed by atoms with E-state index in [-0.39, 0.29) is 0 Å². The van der Waals surface area contributed by atoms with Crippen LogP contribution >= 0.6 is 0 Å². The Labute approximate surface area is 251 Å². The molecule has 0 aromatic carbocycles. The smallest absolute Gasteiger partial charge is 0.0462 e. The van der Waals surface area contributed by atoms with Crippen molar-refractivity contribution < 1.29 is 0 Å². The quantitative estimate of drug-likeness (QED) is 0.138. The Morgan fingerprint density at radius 2 is 1.90 bits per heavy atom. The maximum absolute atomic E-state index is 4.18. The molecule has 3 aliphatic heterocycles. The Hall–Kier alpha value is -1.68. The van der Waals surface area contributed by atoms with Crippen LogP contribution in [0, 0.1) is 29.6 Å². The number of hydrogen-bond donors (Lipinski definition) is 3. The fraction of sp³-hybridized carbons (Fsp3) is 0.684. The van der Waals surface area contributed by atoms with Crippen LogP contribution in [0.2, 0.25) is 0 Å². The van der Waals surface area contributed by atoms with Gasteiger partial charge >= 0.3 is 0 Å². The molecule has 0 saturated carbocycles. The summed E-state index contributed by atoms with van der Waals surface area (Å²) in [5.74, 6) is 3.54. The maximum Gasteiger partial charge on any atom is 0.0462 e. The van der Waals surface area contributed by atoms with Gasteiger partial charge in [-0.2, -0.15) is 0 Å². The third kappa shape index (κ3) is 6.34. The van der Waals surface area contributed by atoms with Crippen molar-refractivity contribution in [1.82, 2.24) is 16.0 Å². The molecule has 3 aliphatic carbocycles. The standard InChI is InChI=1S/C38H57N3/c1-4-7-8-11-27(5-2)36-22-18-31(25-39-36)33-21-20-32(34-12-9-10-13-35(33)34)29-16-14-28(15-17-29)30-19-23-37(40-24-30)38(6-3)26-41-38/h5,9,12,14,18-19,22,27,29,31,33,35-37,39-41H,2,4,6-8,10-11,13,15-17,20-21,23-26H2,1,3H3. The zero-order chi connectivity index (χ0) is 28.2. The highest BCUT2D eigenvalue weighted by Gasteiger charge is 2.47. The predicted molar refractivity (Wildman–Crippen MR) is 175 cm³/mol. The molecule has 224 valence electrons. The average Bonchev–Trinajstić information content (AvgIpc) is 3.85. The summed E-state index contributed by atoms with van der Waals surface area (Å²) in [7, 11) is 0. The summed E-state index contributed by atoms with van der Waals surface area (Å²) in [5.41, 5.74) is 7.17. The van der Waals surface area contributed by atoms with Gasteiger partial charge in [-0.1, -0.05) is 81.2 Å². The highest BCUT2D eigenvalue weighted by molar-refractivity contribution is 5.40. The normalized spacial score (nSPS) is 37.7. The van der Waals surface area contributed by atoms with E-state index >= 15 is 0 Å². The molecule has 3 nitrogen and oxygen atoms in total. The molecule has 1 fully saturated rings. The molecule has 0 aromatic rings. The van der Waals surface area contributed by atoms with Crippen LogP contribution in [0.25, 0.3) is 0 Å². The van der Waals surface area contributed by atoms with Gasteiger partial charge < -0.3 is 16.0 Å². The molecule has 0 radical (unpaired) electrons. The first-order chi connectivity index (χ1) is 20.2. The van der Waals surface area contributed by atoms with E-state index in [0.717, 1.165) is 30.8 Å². The van der Waals surface area contributed by atoms with E-state index in [1.807, 2.05) is 5.57 Å². The first-order valence-corrected chi connectivity index (χ1v) is 17.5. The molecule has 3 N–H and O–H groups in total. The molecule has 0 aromatic heterocycles. The summed E-state index contributed by atoms with van der Waals surface area (Å²) in [5, 5.41) is 11.5. The van der Waals surface area contributed by atoms with Crippen molar-refractivity contribution in [2.45, 2.75) is 115 Å². The van der Waals surface area contributed by atoms with E-state index in [9.17, 15) is 0 Å². The fourth-order valence-electron chi connectivity index (χ4n) is 9.12. The second kappa shape index (κ2) is 13.3. The number of nitrogens with one attached hydrogen (secondary N) is 3. The summed E-state index contributed by atoms with van der Waals surface area (Å²) in [6.45, 7) is 12.2. The molecule has 0 amide bonds. The summed E-state index contributed by atoms with van der Waals surface area (Å²) in [4.78, 5) is 0. The van der Waals surface area contributed by atoms with Crippen LogP contribution in [0.3, 0.4) is 0 Å². The molecule has 8 unspecified atom stereocenters. The number of rotatable bonds is 11. The minimum atomic E-state index is 0.373. The molecule has 8 atom stereocenters. The summed E-state index contributed by atoms with van der Waals surface area (Å²) >= 11 is 0. The Kier molecular flexibility index (Phi) is 9.54. The van der Waals surface area contributed by atoms with Crippen LogP contribution in [-0.2, 0) is 0 Å². The molecule has 3 heteroatoms. The lowest BCUT2D eigenvalue weighted by Crippen LogP contribution is -2.46. The zero-order valence-electron chi connectivity index (χ0n) is 26.1. The molecule has 1 saturated heterocycles. The third-order valence-electron chi connectivity index (χ3n) is 12.0.